The van der Waals surface area contributed by atoms with Crippen molar-refractivity contribution in [1.29, 1.82) is 0 Å². The molecule has 2 unspecified atom stereocenters. The number of amides is 2. The highest BCUT2D eigenvalue weighted by Crippen LogP contribution is 2.35. The summed E-state index contributed by atoms with van der Waals surface area (Å²) in [6.07, 6.45) is 5.35. The van der Waals surface area contributed by atoms with Crippen LogP contribution >= 0.6 is 0 Å². The molecule has 1 aromatic rings. The Bertz CT molecular complexity index is 460. The van der Waals surface area contributed by atoms with Gasteiger partial charge in [0.2, 0.25) is 0 Å². The molecule has 0 radical (unpaired) electrons. The minimum atomic E-state index is -0.325. The van der Waals surface area contributed by atoms with Gasteiger partial charge >= 0.3 is 6.03 Å². The summed E-state index contributed by atoms with van der Waals surface area (Å²) in [5.41, 5.74) is 0.742. The van der Waals surface area contributed by atoms with Crippen molar-refractivity contribution < 1.29 is 9.90 Å². The Morgan fingerprint density at radius 3 is 3.00 bits per heavy atom. The molecule has 0 bridgehead atoms. The zero-order chi connectivity index (χ0) is 14.6. The quantitative estimate of drug-likeness (QED) is 0.774. The van der Waals surface area contributed by atoms with Crippen molar-refractivity contribution >= 4 is 6.03 Å². The van der Waals surface area contributed by atoms with Crippen LogP contribution in [0.25, 0.3) is 0 Å². The molecule has 1 aromatic heterocycles. The van der Waals surface area contributed by atoms with Crippen LogP contribution in [0.2, 0.25) is 0 Å². The summed E-state index contributed by atoms with van der Waals surface area (Å²) >= 11 is 0. The van der Waals surface area contributed by atoms with E-state index in [1.165, 1.54) is 0 Å². The molecule has 2 rings (SSSR count). The van der Waals surface area contributed by atoms with E-state index in [0.717, 1.165) is 31.4 Å². The molecule has 6 heteroatoms. The van der Waals surface area contributed by atoms with Crippen molar-refractivity contribution in [2.24, 2.45) is 12.5 Å². The summed E-state index contributed by atoms with van der Waals surface area (Å²) in [6, 6.07) is 1.66. The summed E-state index contributed by atoms with van der Waals surface area (Å²) in [5, 5.41) is 19.8. The Hall–Kier alpha value is -1.56. The highest BCUT2D eigenvalue weighted by atomic mass is 16.3. The number of urea groups is 1. The van der Waals surface area contributed by atoms with Crippen LogP contribution in [0.4, 0.5) is 4.79 Å². The van der Waals surface area contributed by atoms with E-state index < -0.39 is 0 Å². The lowest BCUT2D eigenvalue weighted by Crippen LogP contribution is -2.47. The van der Waals surface area contributed by atoms with Crippen molar-refractivity contribution in [2.45, 2.75) is 45.3 Å². The highest BCUT2D eigenvalue weighted by molar-refractivity contribution is 5.73. The molecule has 3 N–H and O–H groups in total. The molecular formula is C14H24N4O2. The van der Waals surface area contributed by atoms with Crippen LogP contribution in [0.1, 0.15) is 38.3 Å². The number of hydrogen-bond acceptors (Lipinski definition) is 3. The van der Waals surface area contributed by atoms with Gasteiger partial charge in [-0.05, 0) is 18.9 Å². The summed E-state index contributed by atoms with van der Waals surface area (Å²) in [4.78, 5) is 11.8. The second kappa shape index (κ2) is 6.26. The van der Waals surface area contributed by atoms with Crippen LogP contribution in [-0.4, -0.2) is 33.6 Å². The van der Waals surface area contributed by atoms with Crippen molar-refractivity contribution in [3.05, 3.63) is 18.0 Å². The third kappa shape index (κ3) is 3.50. The van der Waals surface area contributed by atoms with Crippen molar-refractivity contribution in [1.82, 2.24) is 20.4 Å². The number of nitrogens with zero attached hydrogens (tertiary/aromatic N) is 2. The molecule has 6 nitrogen and oxygen atoms in total. The van der Waals surface area contributed by atoms with Gasteiger partial charge in [-0.25, -0.2) is 4.79 Å². The number of aliphatic hydroxyl groups is 1. The van der Waals surface area contributed by atoms with Crippen LogP contribution in [0.15, 0.2) is 12.3 Å². The zero-order valence-electron chi connectivity index (χ0n) is 12.2. The van der Waals surface area contributed by atoms with Crippen molar-refractivity contribution in [3.63, 3.8) is 0 Å². The largest absolute Gasteiger partial charge is 0.392 e. The monoisotopic (exact) mass is 280 g/mol. The van der Waals surface area contributed by atoms with E-state index in [1.807, 2.05) is 20.0 Å². The van der Waals surface area contributed by atoms with Crippen molar-refractivity contribution in [3.8, 4) is 0 Å². The van der Waals surface area contributed by atoms with Crippen LogP contribution < -0.4 is 10.6 Å². The van der Waals surface area contributed by atoms with Gasteiger partial charge in [-0.3, -0.25) is 4.68 Å². The minimum Gasteiger partial charge on any atom is -0.392 e. The van der Waals surface area contributed by atoms with Crippen LogP contribution in [0.5, 0.6) is 0 Å². The van der Waals surface area contributed by atoms with Gasteiger partial charge in [0.1, 0.15) is 0 Å². The predicted octanol–water partition coefficient (Wildman–Crippen LogP) is 1.16. The Morgan fingerprint density at radius 1 is 1.55 bits per heavy atom. The smallest absolute Gasteiger partial charge is 0.315 e. The molecule has 0 aromatic carbocycles. The van der Waals surface area contributed by atoms with E-state index in [-0.39, 0.29) is 17.6 Å². The highest BCUT2D eigenvalue weighted by Gasteiger charge is 2.35. The number of rotatable bonds is 4. The topological polar surface area (TPSA) is 79.2 Å². The molecular weight excluding hydrogens is 256 g/mol. The van der Waals surface area contributed by atoms with E-state index in [9.17, 15) is 9.90 Å². The molecule has 0 spiro atoms. The molecule has 112 valence electrons. The third-order valence-corrected chi connectivity index (χ3v) is 4.29. The molecule has 20 heavy (non-hydrogen) atoms. The fourth-order valence-corrected chi connectivity index (χ4v) is 2.68. The number of aliphatic hydroxyl groups excluding tert-OH is 1. The van der Waals surface area contributed by atoms with Crippen LogP contribution in [0, 0.1) is 5.41 Å². The van der Waals surface area contributed by atoms with Gasteiger partial charge in [0, 0.05) is 25.2 Å². The Kier molecular flexibility index (Phi) is 4.65. The van der Waals surface area contributed by atoms with Gasteiger partial charge in [-0.15, -0.1) is 0 Å². The molecule has 2 atom stereocenters. The van der Waals surface area contributed by atoms with E-state index in [1.54, 1.807) is 10.9 Å². The maximum Gasteiger partial charge on any atom is 0.315 e. The average molecular weight is 280 g/mol. The number of hydrogen-bond donors (Lipinski definition) is 3. The van der Waals surface area contributed by atoms with Crippen molar-refractivity contribution in [2.75, 3.05) is 6.54 Å². The predicted molar refractivity (Wildman–Crippen MR) is 76.0 cm³/mol. The SMILES string of the molecule is Cn1nccc1CNC(=O)NCC1(C)CCCCC1O. The standard InChI is InChI=1S/C14H24N4O2/c1-14(7-4-3-5-12(14)19)10-16-13(20)15-9-11-6-8-17-18(11)2/h6,8,12,19H,3-5,7,9-10H2,1-2H3,(H2,15,16,20). The first kappa shape index (κ1) is 14.8. The zero-order valence-corrected chi connectivity index (χ0v) is 12.2. The molecule has 0 aliphatic heterocycles. The Labute approximate surface area is 119 Å². The van der Waals surface area contributed by atoms with Gasteiger partial charge < -0.3 is 15.7 Å². The summed E-state index contributed by atoms with van der Waals surface area (Å²) in [7, 11) is 1.84. The van der Waals surface area contributed by atoms with Gasteiger partial charge in [-0.2, -0.15) is 5.10 Å². The lowest BCUT2D eigenvalue weighted by molar-refractivity contribution is 0.00308. The normalized spacial score (nSPS) is 26.2. The lowest BCUT2D eigenvalue weighted by atomic mass is 9.73. The fourth-order valence-electron chi connectivity index (χ4n) is 2.68. The van der Waals surface area contributed by atoms with E-state index in [0.29, 0.717) is 13.1 Å². The second-order valence-corrected chi connectivity index (χ2v) is 5.90. The number of carbonyl (C=O) groups is 1. The fraction of sp³-hybridized carbons (Fsp3) is 0.714. The number of aromatic nitrogens is 2. The van der Waals surface area contributed by atoms with E-state index >= 15 is 0 Å². The lowest BCUT2D eigenvalue weighted by Gasteiger charge is -2.38. The van der Waals surface area contributed by atoms with E-state index in [4.69, 9.17) is 0 Å². The first-order valence-electron chi connectivity index (χ1n) is 7.18. The van der Waals surface area contributed by atoms with Gasteiger partial charge in [0.05, 0.1) is 18.3 Å². The van der Waals surface area contributed by atoms with Crippen LogP contribution in [-0.2, 0) is 13.6 Å². The number of nitrogens with one attached hydrogen (secondary N) is 2. The molecule has 0 saturated heterocycles. The molecule has 1 aliphatic rings. The summed E-state index contributed by atoms with van der Waals surface area (Å²) < 4.78 is 1.73. The first-order chi connectivity index (χ1) is 9.51. The second-order valence-electron chi connectivity index (χ2n) is 5.90. The molecule has 1 heterocycles. The van der Waals surface area contributed by atoms with E-state index in [2.05, 4.69) is 15.7 Å². The maximum atomic E-state index is 11.8. The Balaban J connectivity index is 1.76. The first-order valence-corrected chi connectivity index (χ1v) is 7.18. The minimum absolute atomic E-state index is 0.204. The molecule has 2 amide bonds. The summed E-state index contributed by atoms with van der Waals surface area (Å²) in [5.74, 6) is 0. The Morgan fingerprint density at radius 2 is 2.35 bits per heavy atom. The summed E-state index contributed by atoms with van der Waals surface area (Å²) in [6.45, 7) is 2.99. The molecule has 1 saturated carbocycles. The maximum absolute atomic E-state index is 11.8. The van der Waals surface area contributed by atoms with Crippen LogP contribution in [0.3, 0.4) is 0 Å². The average Bonchev–Trinajstić information content (AvgIpc) is 2.83. The number of carbonyl (C=O) groups excluding carboxylic acids is 1. The third-order valence-electron chi connectivity index (χ3n) is 4.29. The van der Waals surface area contributed by atoms with Gasteiger partial charge in [0.25, 0.3) is 0 Å². The van der Waals surface area contributed by atoms with Gasteiger partial charge in [-0.1, -0.05) is 19.8 Å². The molecule has 1 aliphatic carbocycles. The number of aryl methyl sites for hydroxylation is 1. The molecule has 1 fully saturated rings. The van der Waals surface area contributed by atoms with Gasteiger partial charge in [0.15, 0.2) is 0 Å².